The van der Waals surface area contributed by atoms with Crippen molar-refractivity contribution in [1.29, 1.82) is 0 Å². The van der Waals surface area contributed by atoms with Crippen molar-refractivity contribution in [2.24, 2.45) is 5.92 Å². The van der Waals surface area contributed by atoms with Crippen LogP contribution in [0.25, 0.3) is 0 Å². The Bertz CT molecular complexity index is 731. The van der Waals surface area contributed by atoms with Gasteiger partial charge < -0.3 is 15.4 Å². The van der Waals surface area contributed by atoms with E-state index in [1.165, 1.54) is 25.0 Å². The van der Waals surface area contributed by atoms with Gasteiger partial charge in [-0.1, -0.05) is 24.3 Å². The van der Waals surface area contributed by atoms with E-state index in [1.54, 1.807) is 19.1 Å². The minimum Gasteiger partial charge on any atom is -0.376 e. The molecule has 0 saturated heterocycles. The van der Waals surface area contributed by atoms with E-state index in [2.05, 4.69) is 10.6 Å². The van der Waals surface area contributed by atoms with Crippen LogP contribution < -0.4 is 10.6 Å². The summed E-state index contributed by atoms with van der Waals surface area (Å²) in [7, 11) is 0. The van der Waals surface area contributed by atoms with E-state index in [1.807, 2.05) is 24.3 Å². The van der Waals surface area contributed by atoms with E-state index >= 15 is 0 Å². The van der Waals surface area contributed by atoms with Crippen molar-refractivity contribution in [2.45, 2.75) is 32.4 Å². The second kappa shape index (κ2) is 8.12. The van der Waals surface area contributed by atoms with Gasteiger partial charge in [0, 0.05) is 12.3 Å². The molecule has 4 nitrogen and oxygen atoms in total. The third-order valence-corrected chi connectivity index (χ3v) is 4.15. The molecular weight excluding hydrogens is 319 g/mol. The number of rotatable bonds is 8. The molecule has 1 aliphatic rings. The third kappa shape index (κ3) is 5.29. The highest BCUT2D eigenvalue weighted by Gasteiger charge is 2.21. The lowest BCUT2D eigenvalue weighted by molar-refractivity contribution is -0.116. The fourth-order valence-corrected chi connectivity index (χ4v) is 2.50. The van der Waals surface area contributed by atoms with E-state index in [9.17, 15) is 9.18 Å². The van der Waals surface area contributed by atoms with Crippen molar-refractivity contribution >= 4 is 17.3 Å². The Morgan fingerprint density at radius 1 is 1.24 bits per heavy atom. The summed E-state index contributed by atoms with van der Waals surface area (Å²) in [4.78, 5) is 12.2. The van der Waals surface area contributed by atoms with Crippen molar-refractivity contribution in [1.82, 2.24) is 0 Å². The Morgan fingerprint density at radius 2 is 2.04 bits per heavy atom. The quantitative estimate of drug-likeness (QED) is 0.756. The average Bonchev–Trinajstić information content (AvgIpc) is 3.41. The summed E-state index contributed by atoms with van der Waals surface area (Å²) < 4.78 is 19.3. The predicted molar refractivity (Wildman–Crippen MR) is 96.9 cm³/mol. The summed E-state index contributed by atoms with van der Waals surface area (Å²) >= 11 is 0. The van der Waals surface area contributed by atoms with Gasteiger partial charge in [-0.15, -0.1) is 0 Å². The molecule has 1 aliphatic carbocycles. The summed E-state index contributed by atoms with van der Waals surface area (Å²) in [6, 6.07) is 13.4. The number of benzene rings is 2. The van der Waals surface area contributed by atoms with Gasteiger partial charge in [0.2, 0.25) is 5.91 Å². The molecule has 2 aromatic rings. The largest absolute Gasteiger partial charge is 0.376 e. The number of carbonyl (C=O) groups is 1. The SMILES string of the molecule is C[C@H](Nc1cccc(COCC2CC2)c1)C(=O)Nc1ccccc1F. The van der Waals surface area contributed by atoms with Gasteiger partial charge in [0.15, 0.2) is 0 Å². The van der Waals surface area contributed by atoms with Gasteiger partial charge in [0.25, 0.3) is 0 Å². The highest BCUT2D eigenvalue weighted by molar-refractivity contribution is 5.96. The molecule has 5 heteroatoms. The van der Waals surface area contributed by atoms with Crippen LogP contribution in [0, 0.1) is 11.7 Å². The second-order valence-electron chi connectivity index (χ2n) is 6.49. The molecule has 1 atom stereocenters. The lowest BCUT2D eigenvalue weighted by atomic mass is 10.2. The van der Waals surface area contributed by atoms with Crippen LogP contribution >= 0.6 is 0 Å². The molecule has 2 aromatic carbocycles. The van der Waals surface area contributed by atoms with Crippen LogP contribution in [0.15, 0.2) is 48.5 Å². The Morgan fingerprint density at radius 3 is 2.80 bits per heavy atom. The molecule has 132 valence electrons. The lowest BCUT2D eigenvalue weighted by Gasteiger charge is -2.16. The van der Waals surface area contributed by atoms with Crippen LogP contribution in [0.4, 0.5) is 15.8 Å². The number of nitrogens with one attached hydrogen (secondary N) is 2. The van der Waals surface area contributed by atoms with Gasteiger partial charge in [0.1, 0.15) is 11.9 Å². The molecule has 3 rings (SSSR count). The van der Waals surface area contributed by atoms with Gasteiger partial charge >= 0.3 is 0 Å². The number of ether oxygens (including phenoxy) is 1. The van der Waals surface area contributed by atoms with E-state index in [-0.39, 0.29) is 11.6 Å². The van der Waals surface area contributed by atoms with E-state index < -0.39 is 11.9 Å². The Labute approximate surface area is 147 Å². The molecule has 0 heterocycles. The molecule has 0 spiro atoms. The highest BCUT2D eigenvalue weighted by atomic mass is 19.1. The molecule has 2 N–H and O–H groups in total. The lowest BCUT2D eigenvalue weighted by Crippen LogP contribution is -2.32. The molecule has 1 saturated carbocycles. The number of anilines is 2. The van der Waals surface area contributed by atoms with Gasteiger partial charge in [0.05, 0.1) is 12.3 Å². The molecule has 25 heavy (non-hydrogen) atoms. The number of hydrogen-bond donors (Lipinski definition) is 2. The highest BCUT2D eigenvalue weighted by Crippen LogP contribution is 2.29. The van der Waals surface area contributed by atoms with Gasteiger partial charge in [-0.2, -0.15) is 0 Å². The van der Waals surface area contributed by atoms with Crippen LogP contribution in [0.3, 0.4) is 0 Å². The normalized spacial score (nSPS) is 14.8. The Balaban J connectivity index is 1.53. The smallest absolute Gasteiger partial charge is 0.246 e. The minimum atomic E-state index is -0.498. The number of carbonyl (C=O) groups excluding carboxylic acids is 1. The van der Waals surface area contributed by atoms with Crippen molar-refractivity contribution < 1.29 is 13.9 Å². The number of amides is 1. The minimum absolute atomic E-state index is 0.184. The first kappa shape index (κ1) is 17.4. The fourth-order valence-electron chi connectivity index (χ4n) is 2.50. The van der Waals surface area contributed by atoms with Gasteiger partial charge in [-0.3, -0.25) is 4.79 Å². The number of hydrogen-bond acceptors (Lipinski definition) is 3. The van der Waals surface area contributed by atoms with Crippen LogP contribution in [-0.4, -0.2) is 18.6 Å². The number of halogens is 1. The van der Waals surface area contributed by atoms with E-state index in [0.29, 0.717) is 6.61 Å². The van der Waals surface area contributed by atoms with Crippen LogP contribution in [0.5, 0.6) is 0 Å². The fraction of sp³-hybridized carbons (Fsp3) is 0.350. The maximum atomic E-state index is 13.6. The Hall–Kier alpha value is -2.40. The summed E-state index contributed by atoms with van der Waals surface area (Å²) in [5.74, 6) is 0.00162. The molecule has 0 bridgehead atoms. The molecule has 0 radical (unpaired) electrons. The van der Waals surface area contributed by atoms with Crippen molar-refractivity contribution in [3.05, 3.63) is 59.9 Å². The molecular formula is C20H23FN2O2. The Kier molecular flexibility index (Phi) is 5.66. The second-order valence-corrected chi connectivity index (χ2v) is 6.49. The first-order chi connectivity index (χ1) is 12.1. The van der Waals surface area contributed by atoms with Crippen molar-refractivity contribution in [3.63, 3.8) is 0 Å². The van der Waals surface area contributed by atoms with Crippen molar-refractivity contribution in [3.8, 4) is 0 Å². The average molecular weight is 342 g/mol. The zero-order chi connectivity index (χ0) is 17.6. The zero-order valence-electron chi connectivity index (χ0n) is 14.3. The zero-order valence-corrected chi connectivity index (χ0v) is 14.3. The van der Waals surface area contributed by atoms with E-state index in [4.69, 9.17) is 4.74 Å². The predicted octanol–water partition coefficient (Wildman–Crippen LogP) is 4.19. The molecule has 0 aromatic heterocycles. The van der Waals surface area contributed by atoms with Gasteiger partial charge in [-0.05, 0) is 55.5 Å². The summed E-state index contributed by atoms with van der Waals surface area (Å²) in [5.41, 5.74) is 2.08. The van der Waals surface area contributed by atoms with Crippen molar-refractivity contribution in [2.75, 3.05) is 17.2 Å². The summed E-state index contributed by atoms with van der Waals surface area (Å²) in [6.07, 6.45) is 2.55. The first-order valence-corrected chi connectivity index (χ1v) is 8.60. The van der Waals surface area contributed by atoms with Gasteiger partial charge in [-0.25, -0.2) is 4.39 Å². The third-order valence-electron chi connectivity index (χ3n) is 4.15. The van der Waals surface area contributed by atoms with Crippen LogP contribution in [0.1, 0.15) is 25.3 Å². The van der Waals surface area contributed by atoms with Crippen LogP contribution in [-0.2, 0) is 16.1 Å². The summed E-state index contributed by atoms with van der Waals surface area (Å²) in [6.45, 7) is 3.13. The standard InChI is InChI=1S/C20H23FN2O2/c1-14(20(24)23-19-8-3-2-7-18(19)21)22-17-6-4-5-16(11-17)13-25-12-15-9-10-15/h2-8,11,14-15,22H,9-10,12-13H2,1H3,(H,23,24)/t14-/m0/s1. The topological polar surface area (TPSA) is 50.4 Å². The number of para-hydroxylation sites is 1. The molecule has 0 unspecified atom stereocenters. The molecule has 1 fully saturated rings. The van der Waals surface area contributed by atoms with E-state index in [0.717, 1.165) is 23.8 Å². The molecule has 1 amide bonds. The first-order valence-electron chi connectivity index (χ1n) is 8.60. The monoisotopic (exact) mass is 342 g/mol. The maximum Gasteiger partial charge on any atom is 0.246 e. The molecule has 0 aliphatic heterocycles. The van der Waals surface area contributed by atoms with Crippen LogP contribution in [0.2, 0.25) is 0 Å². The summed E-state index contributed by atoms with van der Waals surface area (Å²) in [5, 5.41) is 5.74. The maximum absolute atomic E-state index is 13.6.